The van der Waals surface area contributed by atoms with Crippen LogP contribution in [0.1, 0.15) is 5.56 Å². The normalized spacial score (nSPS) is 10.5. The van der Waals surface area contributed by atoms with Gasteiger partial charge in [-0.15, -0.1) is 5.10 Å². The molecular weight excluding hydrogens is 190 g/mol. The van der Waals surface area contributed by atoms with Gasteiger partial charge in [0.05, 0.1) is 6.54 Å². The van der Waals surface area contributed by atoms with E-state index in [9.17, 15) is 0 Å². The topological polar surface area (TPSA) is 69.6 Å². The number of hydrogen-bond donors (Lipinski definition) is 1. The van der Waals surface area contributed by atoms with Gasteiger partial charge in [-0.25, -0.2) is 4.68 Å². The number of tetrazole rings is 1. The molecule has 15 heavy (non-hydrogen) atoms. The van der Waals surface area contributed by atoms with Crippen molar-refractivity contribution in [3.8, 4) is 11.4 Å². The highest BCUT2D eigenvalue weighted by Crippen LogP contribution is 2.15. The van der Waals surface area contributed by atoms with Gasteiger partial charge in [0.1, 0.15) is 0 Å². The lowest BCUT2D eigenvalue weighted by Crippen LogP contribution is -2.12. The zero-order valence-electron chi connectivity index (χ0n) is 8.59. The van der Waals surface area contributed by atoms with Crippen molar-refractivity contribution >= 4 is 0 Å². The minimum atomic E-state index is 0.532. The van der Waals surface area contributed by atoms with E-state index in [1.165, 1.54) is 5.56 Å². The lowest BCUT2D eigenvalue weighted by Gasteiger charge is -2.02. The number of aromatic nitrogens is 4. The summed E-state index contributed by atoms with van der Waals surface area (Å²) in [7, 11) is 0. The van der Waals surface area contributed by atoms with E-state index in [1.54, 1.807) is 4.68 Å². The molecule has 2 N–H and O–H groups in total. The molecule has 0 amide bonds. The zero-order valence-corrected chi connectivity index (χ0v) is 8.59. The number of aryl methyl sites for hydroxylation is 1. The summed E-state index contributed by atoms with van der Waals surface area (Å²) in [5.74, 6) is 0.764. The van der Waals surface area contributed by atoms with Gasteiger partial charge < -0.3 is 5.73 Å². The van der Waals surface area contributed by atoms with Gasteiger partial charge in [0.15, 0.2) is 5.82 Å². The highest BCUT2D eigenvalue weighted by atomic mass is 15.5. The molecule has 5 nitrogen and oxygen atoms in total. The molecule has 0 aliphatic heterocycles. The summed E-state index contributed by atoms with van der Waals surface area (Å²) in [5.41, 5.74) is 7.71. The molecule has 0 bridgehead atoms. The Labute approximate surface area is 87.9 Å². The van der Waals surface area contributed by atoms with Crippen LogP contribution in [0.4, 0.5) is 0 Å². The summed E-state index contributed by atoms with van der Waals surface area (Å²) in [6.07, 6.45) is 0. The zero-order chi connectivity index (χ0) is 10.7. The van der Waals surface area contributed by atoms with E-state index < -0.39 is 0 Å². The average Bonchev–Trinajstić information content (AvgIpc) is 2.68. The van der Waals surface area contributed by atoms with Crippen LogP contribution in [-0.4, -0.2) is 26.8 Å². The molecule has 1 aromatic carbocycles. The van der Waals surface area contributed by atoms with Crippen molar-refractivity contribution in [1.29, 1.82) is 0 Å². The van der Waals surface area contributed by atoms with Gasteiger partial charge in [-0.2, -0.15) is 0 Å². The van der Waals surface area contributed by atoms with Crippen LogP contribution >= 0.6 is 0 Å². The lowest BCUT2D eigenvalue weighted by molar-refractivity contribution is 0.603. The van der Waals surface area contributed by atoms with Gasteiger partial charge in [0.25, 0.3) is 0 Å². The van der Waals surface area contributed by atoms with Crippen LogP contribution in [0, 0.1) is 6.92 Å². The molecule has 0 spiro atoms. The molecule has 2 aromatic rings. The van der Waals surface area contributed by atoms with Crippen LogP contribution in [0.15, 0.2) is 24.3 Å². The second kappa shape index (κ2) is 4.18. The van der Waals surface area contributed by atoms with Crippen LogP contribution < -0.4 is 5.73 Å². The van der Waals surface area contributed by atoms with Crippen molar-refractivity contribution < 1.29 is 0 Å². The largest absolute Gasteiger partial charge is 0.329 e. The smallest absolute Gasteiger partial charge is 0.182 e. The fourth-order valence-corrected chi connectivity index (χ4v) is 1.39. The van der Waals surface area contributed by atoms with E-state index in [0.717, 1.165) is 11.4 Å². The van der Waals surface area contributed by atoms with Crippen molar-refractivity contribution in [3.63, 3.8) is 0 Å². The first kappa shape index (κ1) is 9.79. The summed E-state index contributed by atoms with van der Waals surface area (Å²) in [5, 5.41) is 11.5. The number of benzene rings is 1. The third-order valence-electron chi connectivity index (χ3n) is 2.18. The van der Waals surface area contributed by atoms with Crippen molar-refractivity contribution in [2.24, 2.45) is 5.73 Å². The molecule has 2 rings (SSSR count). The predicted molar refractivity (Wildman–Crippen MR) is 57.0 cm³/mol. The maximum absolute atomic E-state index is 5.47. The highest BCUT2D eigenvalue weighted by Gasteiger charge is 2.06. The van der Waals surface area contributed by atoms with Crippen molar-refractivity contribution in [3.05, 3.63) is 29.8 Å². The molecule has 0 unspecified atom stereocenters. The van der Waals surface area contributed by atoms with Crippen molar-refractivity contribution in [2.45, 2.75) is 13.5 Å². The molecule has 5 heteroatoms. The standard InChI is InChI=1S/C10H13N5/c1-8-2-4-9(5-3-8)10-12-13-14-15(10)7-6-11/h2-5H,6-7,11H2,1H3. The third kappa shape index (κ3) is 2.02. The first-order valence-electron chi connectivity index (χ1n) is 4.84. The predicted octanol–water partition coefficient (Wildman–Crippen LogP) is 0.607. The summed E-state index contributed by atoms with van der Waals surface area (Å²) in [6, 6.07) is 8.09. The highest BCUT2D eigenvalue weighted by molar-refractivity contribution is 5.54. The van der Waals surface area contributed by atoms with E-state index >= 15 is 0 Å². The van der Waals surface area contributed by atoms with Gasteiger partial charge in [-0.1, -0.05) is 29.8 Å². The Kier molecular flexibility index (Phi) is 2.73. The van der Waals surface area contributed by atoms with E-state index in [1.807, 2.05) is 31.2 Å². The lowest BCUT2D eigenvalue weighted by atomic mass is 10.1. The number of hydrogen-bond acceptors (Lipinski definition) is 4. The first-order valence-corrected chi connectivity index (χ1v) is 4.84. The summed E-state index contributed by atoms with van der Waals surface area (Å²) >= 11 is 0. The Morgan fingerprint density at radius 3 is 2.67 bits per heavy atom. The van der Waals surface area contributed by atoms with Crippen LogP contribution in [0.2, 0.25) is 0 Å². The molecule has 0 aliphatic carbocycles. The Hall–Kier alpha value is -1.75. The molecule has 78 valence electrons. The molecule has 0 atom stereocenters. The van der Waals surface area contributed by atoms with Crippen LogP contribution in [-0.2, 0) is 6.54 Å². The summed E-state index contributed by atoms with van der Waals surface area (Å²) in [4.78, 5) is 0. The van der Waals surface area contributed by atoms with Gasteiger partial charge in [-0.3, -0.25) is 0 Å². The Balaban J connectivity index is 2.36. The maximum atomic E-state index is 5.47. The monoisotopic (exact) mass is 203 g/mol. The van der Waals surface area contributed by atoms with Gasteiger partial charge in [0.2, 0.25) is 0 Å². The Bertz CT molecular complexity index is 431. The molecule has 0 aliphatic rings. The molecule has 0 saturated heterocycles. The molecule has 0 fully saturated rings. The van der Waals surface area contributed by atoms with E-state index in [-0.39, 0.29) is 0 Å². The molecule has 1 aromatic heterocycles. The number of nitrogens with two attached hydrogens (primary N) is 1. The summed E-state index contributed by atoms with van der Waals surface area (Å²) < 4.78 is 1.71. The fraction of sp³-hybridized carbons (Fsp3) is 0.300. The first-order chi connectivity index (χ1) is 7.31. The average molecular weight is 203 g/mol. The van der Waals surface area contributed by atoms with Crippen molar-refractivity contribution in [2.75, 3.05) is 6.54 Å². The van der Waals surface area contributed by atoms with Crippen molar-refractivity contribution in [1.82, 2.24) is 20.2 Å². The van der Waals surface area contributed by atoms with E-state index in [2.05, 4.69) is 15.5 Å². The molecular formula is C10H13N5. The Morgan fingerprint density at radius 1 is 1.27 bits per heavy atom. The number of nitrogens with zero attached hydrogens (tertiary/aromatic N) is 4. The maximum Gasteiger partial charge on any atom is 0.182 e. The van der Waals surface area contributed by atoms with E-state index in [4.69, 9.17) is 5.73 Å². The molecule has 1 heterocycles. The minimum Gasteiger partial charge on any atom is -0.329 e. The Morgan fingerprint density at radius 2 is 2.00 bits per heavy atom. The van der Waals surface area contributed by atoms with Gasteiger partial charge in [-0.05, 0) is 17.4 Å². The quantitative estimate of drug-likeness (QED) is 0.793. The fourth-order valence-electron chi connectivity index (χ4n) is 1.39. The van der Waals surface area contributed by atoms with Crippen LogP contribution in [0.3, 0.4) is 0 Å². The third-order valence-corrected chi connectivity index (χ3v) is 2.18. The minimum absolute atomic E-state index is 0.532. The number of rotatable bonds is 3. The molecule has 0 saturated carbocycles. The van der Waals surface area contributed by atoms with Crippen LogP contribution in [0.25, 0.3) is 11.4 Å². The second-order valence-electron chi connectivity index (χ2n) is 3.38. The molecule has 0 radical (unpaired) electrons. The SMILES string of the molecule is Cc1ccc(-c2nnnn2CCN)cc1. The van der Waals surface area contributed by atoms with Gasteiger partial charge >= 0.3 is 0 Å². The van der Waals surface area contributed by atoms with Crippen LogP contribution in [0.5, 0.6) is 0 Å². The van der Waals surface area contributed by atoms with E-state index in [0.29, 0.717) is 13.1 Å². The van der Waals surface area contributed by atoms with Gasteiger partial charge in [0, 0.05) is 12.1 Å². The second-order valence-corrected chi connectivity index (χ2v) is 3.38. The summed E-state index contributed by atoms with van der Waals surface area (Å²) in [6.45, 7) is 3.22.